The first-order valence-electron chi connectivity index (χ1n) is 4.82. The normalized spacial score (nSPS) is 10.8. The van der Waals surface area contributed by atoms with Gasteiger partial charge < -0.3 is 4.57 Å². The highest BCUT2D eigenvalue weighted by molar-refractivity contribution is 9.10. The number of halogens is 1. The Hall–Kier alpha value is -1.16. The van der Waals surface area contributed by atoms with E-state index in [9.17, 15) is 0 Å². The fourth-order valence-corrected chi connectivity index (χ4v) is 1.88. The highest BCUT2D eigenvalue weighted by atomic mass is 79.9. The lowest BCUT2D eigenvalue weighted by Gasteiger charge is -2.03. The van der Waals surface area contributed by atoms with Gasteiger partial charge in [0, 0.05) is 6.54 Å². The van der Waals surface area contributed by atoms with Gasteiger partial charge in [-0.3, -0.25) is 0 Å². The molecule has 0 unspecified atom stereocenters. The standard InChI is InChI=1S/C11H12BrN3/c1-3-4-7-15-8(2)13-9-5-6-10(12)14-11(9)15/h3,5-6H,1,4,7H2,2H3. The van der Waals surface area contributed by atoms with E-state index in [4.69, 9.17) is 0 Å². The number of hydrogen-bond donors (Lipinski definition) is 0. The Labute approximate surface area is 97.0 Å². The average Bonchev–Trinajstić information content (AvgIpc) is 2.51. The summed E-state index contributed by atoms with van der Waals surface area (Å²) in [7, 11) is 0. The summed E-state index contributed by atoms with van der Waals surface area (Å²) in [6, 6.07) is 3.89. The number of fused-ring (bicyclic) bond motifs is 1. The maximum atomic E-state index is 4.45. The van der Waals surface area contributed by atoms with Crippen molar-refractivity contribution in [3.63, 3.8) is 0 Å². The van der Waals surface area contributed by atoms with E-state index in [1.165, 1.54) is 0 Å². The van der Waals surface area contributed by atoms with E-state index < -0.39 is 0 Å². The number of imidazole rings is 1. The fourth-order valence-electron chi connectivity index (χ4n) is 1.58. The molecule has 0 bridgehead atoms. The zero-order valence-corrected chi connectivity index (χ0v) is 10.2. The van der Waals surface area contributed by atoms with E-state index in [-0.39, 0.29) is 0 Å². The summed E-state index contributed by atoms with van der Waals surface area (Å²) in [6.45, 7) is 6.61. The molecule has 2 aromatic rings. The number of rotatable bonds is 3. The van der Waals surface area contributed by atoms with Crippen LogP contribution in [0.2, 0.25) is 0 Å². The zero-order chi connectivity index (χ0) is 10.8. The highest BCUT2D eigenvalue weighted by Gasteiger charge is 2.07. The number of aromatic nitrogens is 3. The van der Waals surface area contributed by atoms with Crippen molar-refractivity contribution in [2.75, 3.05) is 0 Å². The van der Waals surface area contributed by atoms with E-state index in [0.717, 1.165) is 34.6 Å². The van der Waals surface area contributed by atoms with Crippen LogP contribution in [-0.2, 0) is 6.54 Å². The third-order valence-electron chi connectivity index (χ3n) is 2.31. The first kappa shape index (κ1) is 10.4. The van der Waals surface area contributed by atoms with Crippen LogP contribution >= 0.6 is 15.9 Å². The number of aryl methyl sites for hydroxylation is 2. The second kappa shape index (κ2) is 4.14. The van der Waals surface area contributed by atoms with Crippen LogP contribution in [0, 0.1) is 6.92 Å². The lowest BCUT2D eigenvalue weighted by atomic mass is 10.4. The molecule has 0 aliphatic heterocycles. The second-order valence-corrected chi connectivity index (χ2v) is 4.18. The van der Waals surface area contributed by atoms with Crippen LogP contribution in [0.4, 0.5) is 0 Å². The van der Waals surface area contributed by atoms with Gasteiger partial charge in [0.25, 0.3) is 0 Å². The van der Waals surface area contributed by atoms with Crippen molar-refractivity contribution in [1.82, 2.24) is 14.5 Å². The summed E-state index contributed by atoms with van der Waals surface area (Å²) in [5, 5.41) is 0. The lowest BCUT2D eigenvalue weighted by molar-refractivity contribution is 0.699. The predicted molar refractivity (Wildman–Crippen MR) is 64.8 cm³/mol. The fraction of sp³-hybridized carbons (Fsp3) is 0.273. The van der Waals surface area contributed by atoms with E-state index in [1.54, 1.807) is 0 Å². The molecule has 0 amide bonds. The molecular formula is C11H12BrN3. The van der Waals surface area contributed by atoms with Gasteiger partial charge in [-0.2, -0.15) is 0 Å². The summed E-state index contributed by atoms with van der Waals surface area (Å²) in [5.41, 5.74) is 1.88. The Bertz CT molecular complexity index is 502. The first-order chi connectivity index (χ1) is 7.22. The molecule has 0 saturated carbocycles. The molecule has 4 heteroatoms. The first-order valence-corrected chi connectivity index (χ1v) is 5.62. The summed E-state index contributed by atoms with van der Waals surface area (Å²) < 4.78 is 2.96. The Kier molecular flexibility index (Phi) is 2.86. The van der Waals surface area contributed by atoms with Crippen LogP contribution < -0.4 is 0 Å². The number of allylic oxidation sites excluding steroid dienone is 1. The van der Waals surface area contributed by atoms with Crippen molar-refractivity contribution >= 4 is 27.1 Å². The molecule has 78 valence electrons. The van der Waals surface area contributed by atoms with Crippen molar-refractivity contribution in [3.8, 4) is 0 Å². The van der Waals surface area contributed by atoms with Crippen LogP contribution in [0.1, 0.15) is 12.2 Å². The Morgan fingerprint density at radius 3 is 3.00 bits per heavy atom. The number of pyridine rings is 1. The third kappa shape index (κ3) is 1.95. The predicted octanol–water partition coefficient (Wildman–Crippen LogP) is 3.08. The van der Waals surface area contributed by atoms with Gasteiger partial charge >= 0.3 is 0 Å². The Balaban J connectivity index is 2.54. The van der Waals surface area contributed by atoms with Crippen molar-refractivity contribution in [1.29, 1.82) is 0 Å². The van der Waals surface area contributed by atoms with Crippen molar-refractivity contribution in [3.05, 3.63) is 35.2 Å². The van der Waals surface area contributed by atoms with Gasteiger partial charge in [0.2, 0.25) is 0 Å². The molecule has 0 fully saturated rings. The maximum Gasteiger partial charge on any atom is 0.161 e. The molecule has 0 N–H and O–H groups in total. The van der Waals surface area contributed by atoms with Crippen molar-refractivity contribution < 1.29 is 0 Å². The molecule has 0 spiro atoms. The van der Waals surface area contributed by atoms with Gasteiger partial charge in [0.05, 0.1) is 0 Å². The molecule has 2 heterocycles. The number of hydrogen-bond acceptors (Lipinski definition) is 2. The molecule has 2 aromatic heterocycles. The SMILES string of the molecule is C=CCCn1c(C)nc2ccc(Br)nc21. The Morgan fingerprint density at radius 2 is 2.27 bits per heavy atom. The monoisotopic (exact) mass is 265 g/mol. The van der Waals surface area contributed by atoms with Gasteiger partial charge in [0.1, 0.15) is 15.9 Å². The molecule has 2 rings (SSSR count). The quantitative estimate of drug-likeness (QED) is 0.631. The largest absolute Gasteiger partial charge is 0.313 e. The van der Waals surface area contributed by atoms with Crippen LogP contribution in [-0.4, -0.2) is 14.5 Å². The van der Waals surface area contributed by atoms with Gasteiger partial charge in [-0.1, -0.05) is 6.08 Å². The third-order valence-corrected chi connectivity index (χ3v) is 2.75. The van der Waals surface area contributed by atoms with Crippen LogP contribution in [0.25, 0.3) is 11.2 Å². The van der Waals surface area contributed by atoms with Crippen LogP contribution in [0.3, 0.4) is 0 Å². The average molecular weight is 266 g/mol. The van der Waals surface area contributed by atoms with Crippen molar-refractivity contribution in [2.45, 2.75) is 19.9 Å². The summed E-state index contributed by atoms with van der Waals surface area (Å²) in [6.07, 6.45) is 2.84. The van der Waals surface area contributed by atoms with E-state index in [2.05, 4.69) is 37.0 Å². The summed E-state index contributed by atoms with van der Waals surface area (Å²) in [4.78, 5) is 8.88. The lowest BCUT2D eigenvalue weighted by Crippen LogP contribution is -2.00. The maximum absolute atomic E-state index is 4.45. The van der Waals surface area contributed by atoms with Crippen LogP contribution in [0.15, 0.2) is 29.4 Å². The second-order valence-electron chi connectivity index (χ2n) is 3.36. The molecule has 0 aromatic carbocycles. The van der Waals surface area contributed by atoms with E-state index in [0.29, 0.717) is 0 Å². The highest BCUT2D eigenvalue weighted by Crippen LogP contribution is 2.17. The summed E-state index contributed by atoms with van der Waals surface area (Å²) in [5.74, 6) is 0.998. The minimum absolute atomic E-state index is 0.842. The molecule has 0 aliphatic carbocycles. The number of nitrogens with zero attached hydrogens (tertiary/aromatic N) is 3. The minimum atomic E-state index is 0.842. The molecule has 15 heavy (non-hydrogen) atoms. The molecule has 0 radical (unpaired) electrons. The smallest absolute Gasteiger partial charge is 0.161 e. The van der Waals surface area contributed by atoms with Crippen molar-refractivity contribution in [2.24, 2.45) is 0 Å². The molecule has 0 saturated heterocycles. The van der Waals surface area contributed by atoms with E-state index >= 15 is 0 Å². The van der Waals surface area contributed by atoms with Gasteiger partial charge in [-0.25, -0.2) is 9.97 Å². The topological polar surface area (TPSA) is 30.7 Å². The molecule has 0 atom stereocenters. The van der Waals surface area contributed by atoms with E-state index in [1.807, 2.05) is 25.1 Å². The molecule has 3 nitrogen and oxygen atoms in total. The van der Waals surface area contributed by atoms with Gasteiger partial charge in [-0.05, 0) is 41.4 Å². The molecule has 0 aliphatic rings. The van der Waals surface area contributed by atoms with Gasteiger partial charge in [-0.15, -0.1) is 6.58 Å². The molecular weight excluding hydrogens is 254 g/mol. The minimum Gasteiger partial charge on any atom is -0.313 e. The summed E-state index contributed by atoms with van der Waals surface area (Å²) >= 11 is 3.37. The van der Waals surface area contributed by atoms with Crippen LogP contribution in [0.5, 0.6) is 0 Å². The van der Waals surface area contributed by atoms with Gasteiger partial charge in [0.15, 0.2) is 5.65 Å². The zero-order valence-electron chi connectivity index (χ0n) is 8.57. The Morgan fingerprint density at radius 1 is 1.47 bits per heavy atom.